The molecule has 72 valence electrons. The van der Waals surface area contributed by atoms with Gasteiger partial charge in [0.15, 0.2) is 0 Å². The minimum atomic E-state index is 0.667. The molecule has 0 unspecified atom stereocenters. The van der Waals surface area contributed by atoms with Gasteiger partial charge in [0.25, 0.3) is 0 Å². The van der Waals surface area contributed by atoms with E-state index in [-0.39, 0.29) is 0 Å². The minimum absolute atomic E-state index is 0.667. The number of hydrogen-bond acceptors (Lipinski definition) is 1. The van der Waals surface area contributed by atoms with Crippen LogP contribution in [0.25, 0.3) is 0 Å². The van der Waals surface area contributed by atoms with Crippen LogP contribution in [-0.2, 0) is 0 Å². The molecule has 0 spiro atoms. The van der Waals surface area contributed by atoms with Crippen molar-refractivity contribution < 1.29 is 4.59 Å². The lowest BCUT2D eigenvalue weighted by molar-refractivity contribution is -0.927. The average molecular weight is 171 g/mol. The van der Waals surface area contributed by atoms with Crippen molar-refractivity contribution in [1.29, 1.82) is 0 Å². The fraction of sp³-hybridized carbons (Fsp3) is 1.00. The Kier molecular flexibility index (Phi) is 3.53. The van der Waals surface area contributed by atoms with E-state index in [9.17, 15) is 0 Å². The van der Waals surface area contributed by atoms with Gasteiger partial charge in [-0.3, -0.25) is 4.59 Å². The van der Waals surface area contributed by atoms with Crippen LogP contribution in [0.15, 0.2) is 0 Å². The van der Waals surface area contributed by atoms with Gasteiger partial charge >= 0.3 is 0 Å². The standard InChI is InChI=1S/C10H23N2/c1-12(2,11)10-8-6-4-3-5-7-9-10/h10H,3-9,11H2,1-2H3/q+1. The average Bonchev–Trinajstić information content (AvgIpc) is 1.81. The summed E-state index contributed by atoms with van der Waals surface area (Å²) >= 11 is 0. The molecule has 1 rings (SSSR count). The predicted octanol–water partition coefficient (Wildman–Crippen LogP) is 2.05. The van der Waals surface area contributed by atoms with Crippen LogP contribution in [0.2, 0.25) is 0 Å². The second-order valence-corrected chi connectivity index (χ2v) is 4.63. The molecule has 0 amide bonds. The van der Waals surface area contributed by atoms with Crippen LogP contribution in [0.5, 0.6) is 0 Å². The maximum atomic E-state index is 6.07. The summed E-state index contributed by atoms with van der Waals surface area (Å²) in [6.45, 7) is 0. The van der Waals surface area contributed by atoms with Gasteiger partial charge in [-0.1, -0.05) is 19.3 Å². The zero-order chi connectivity index (χ0) is 9.03. The SMILES string of the molecule is C[N+](C)(N)C1CCCCCCC1. The van der Waals surface area contributed by atoms with Crippen LogP contribution in [0.4, 0.5) is 0 Å². The highest BCUT2D eigenvalue weighted by molar-refractivity contribution is 4.62. The molecule has 0 aromatic rings. The van der Waals surface area contributed by atoms with Crippen LogP contribution in [0.1, 0.15) is 44.9 Å². The zero-order valence-corrected chi connectivity index (χ0v) is 8.55. The summed E-state index contributed by atoms with van der Waals surface area (Å²) < 4.78 is 0.667. The largest absolute Gasteiger partial charge is 0.251 e. The molecule has 0 heterocycles. The van der Waals surface area contributed by atoms with E-state index < -0.39 is 0 Å². The Labute approximate surface area is 76.3 Å². The molecule has 1 aliphatic carbocycles. The maximum absolute atomic E-state index is 6.07. The summed E-state index contributed by atoms with van der Waals surface area (Å²) in [6, 6.07) is 0.699. The van der Waals surface area contributed by atoms with Crippen molar-refractivity contribution in [2.24, 2.45) is 5.84 Å². The molecule has 0 aromatic heterocycles. The first-order valence-electron chi connectivity index (χ1n) is 5.23. The Morgan fingerprint density at radius 2 is 1.33 bits per heavy atom. The molecule has 1 aliphatic rings. The molecule has 1 saturated carbocycles. The zero-order valence-electron chi connectivity index (χ0n) is 8.55. The lowest BCUT2D eigenvalue weighted by Gasteiger charge is -2.33. The van der Waals surface area contributed by atoms with Gasteiger partial charge in [0, 0.05) is 12.8 Å². The van der Waals surface area contributed by atoms with Gasteiger partial charge in [-0.2, -0.15) is 5.84 Å². The van der Waals surface area contributed by atoms with E-state index in [0.717, 1.165) is 0 Å². The van der Waals surface area contributed by atoms with Crippen molar-refractivity contribution >= 4 is 0 Å². The lowest BCUT2D eigenvalue weighted by Crippen LogP contribution is -2.54. The quantitative estimate of drug-likeness (QED) is 0.365. The van der Waals surface area contributed by atoms with Gasteiger partial charge in [0.2, 0.25) is 0 Å². The van der Waals surface area contributed by atoms with Crippen LogP contribution >= 0.6 is 0 Å². The smallest absolute Gasteiger partial charge is 0.106 e. The molecule has 12 heavy (non-hydrogen) atoms. The normalized spacial score (nSPS) is 23.2. The molecule has 1 fully saturated rings. The number of nitrogens with zero attached hydrogens (tertiary/aromatic N) is 1. The van der Waals surface area contributed by atoms with Gasteiger partial charge in [0.05, 0.1) is 14.1 Å². The third-order valence-electron chi connectivity index (χ3n) is 3.02. The Bertz CT molecular complexity index is 118. The van der Waals surface area contributed by atoms with Crippen LogP contribution < -0.4 is 5.84 Å². The van der Waals surface area contributed by atoms with E-state index in [1.54, 1.807) is 0 Å². The number of quaternary nitrogens is 1. The Hall–Kier alpha value is -0.0800. The molecule has 0 bridgehead atoms. The van der Waals surface area contributed by atoms with Crippen molar-refractivity contribution in [3.05, 3.63) is 0 Å². The third-order valence-corrected chi connectivity index (χ3v) is 3.02. The highest BCUT2D eigenvalue weighted by Gasteiger charge is 2.24. The molecule has 2 N–H and O–H groups in total. The molecular weight excluding hydrogens is 148 g/mol. The van der Waals surface area contributed by atoms with Crippen molar-refractivity contribution in [3.8, 4) is 0 Å². The summed E-state index contributed by atoms with van der Waals surface area (Å²) in [6.07, 6.45) is 9.66. The fourth-order valence-electron chi connectivity index (χ4n) is 2.10. The first-order valence-corrected chi connectivity index (χ1v) is 5.23. The van der Waals surface area contributed by atoms with E-state index in [1.807, 2.05) is 0 Å². The van der Waals surface area contributed by atoms with Gasteiger partial charge in [-0.05, 0) is 12.8 Å². The van der Waals surface area contributed by atoms with Gasteiger partial charge < -0.3 is 0 Å². The Morgan fingerprint density at radius 3 is 1.75 bits per heavy atom. The van der Waals surface area contributed by atoms with Crippen LogP contribution in [0, 0.1) is 0 Å². The van der Waals surface area contributed by atoms with E-state index in [4.69, 9.17) is 5.84 Å². The van der Waals surface area contributed by atoms with E-state index in [1.165, 1.54) is 44.9 Å². The van der Waals surface area contributed by atoms with Crippen molar-refractivity contribution in [3.63, 3.8) is 0 Å². The topological polar surface area (TPSA) is 26.0 Å². The number of hydrogen-bond donors (Lipinski definition) is 1. The summed E-state index contributed by atoms with van der Waals surface area (Å²) in [5.74, 6) is 6.07. The first-order chi connectivity index (χ1) is 5.61. The molecule has 0 radical (unpaired) electrons. The second-order valence-electron chi connectivity index (χ2n) is 4.63. The monoisotopic (exact) mass is 171 g/mol. The van der Waals surface area contributed by atoms with Gasteiger partial charge in [0.1, 0.15) is 6.04 Å². The molecule has 2 heteroatoms. The van der Waals surface area contributed by atoms with Crippen molar-refractivity contribution in [2.45, 2.75) is 51.0 Å². The fourth-order valence-corrected chi connectivity index (χ4v) is 2.10. The van der Waals surface area contributed by atoms with Crippen LogP contribution in [-0.4, -0.2) is 24.7 Å². The van der Waals surface area contributed by atoms with E-state index in [2.05, 4.69) is 14.1 Å². The summed E-state index contributed by atoms with van der Waals surface area (Å²) in [5.41, 5.74) is 0. The molecule has 2 nitrogen and oxygen atoms in total. The third kappa shape index (κ3) is 3.11. The summed E-state index contributed by atoms with van der Waals surface area (Å²) in [5, 5.41) is 0. The van der Waals surface area contributed by atoms with Crippen LogP contribution in [0.3, 0.4) is 0 Å². The second kappa shape index (κ2) is 4.24. The molecular formula is C10H23N2+. The molecule has 0 aliphatic heterocycles. The minimum Gasteiger partial charge on any atom is -0.251 e. The highest BCUT2D eigenvalue weighted by Crippen LogP contribution is 2.21. The Morgan fingerprint density at radius 1 is 0.917 bits per heavy atom. The van der Waals surface area contributed by atoms with E-state index in [0.29, 0.717) is 10.6 Å². The maximum Gasteiger partial charge on any atom is 0.106 e. The molecule has 0 aromatic carbocycles. The lowest BCUT2D eigenvalue weighted by atomic mass is 9.96. The van der Waals surface area contributed by atoms with Crippen molar-refractivity contribution in [2.75, 3.05) is 14.1 Å². The van der Waals surface area contributed by atoms with Gasteiger partial charge in [-0.15, -0.1) is 0 Å². The molecule has 0 atom stereocenters. The van der Waals surface area contributed by atoms with E-state index >= 15 is 0 Å². The first kappa shape index (κ1) is 10.0. The summed E-state index contributed by atoms with van der Waals surface area (Å²) in [7, 11) is 4.23. The highest BCUT2D eigenvalue weighted by atomic mass is 15.6. The number of nitrogens with two attached hydrogens (primary N) is 1. The molecule has 0 saturated heterocycles. The van der Waals surface area contributed by atoms with Gasteiger partial charge in [-0.25, -0.2) is 0 Å². The summed E-state index contributed by atoms with van der Waals surface area (Å²) in [4.78, 5) is 0. The Balaban J connectivity index is 2.40. The predicted molar refractivity (Wildman–Crippen MR) is 52.4 cm³/mol. The van der Waals surface area contributed by atoms with Crippen molar-refractivity contribution in [1.82, 2.24) is 0 Å². The number of rotatable bonds is 1.